The van der Waals surface area contributed by atoms with Crippen molar-refractivity contribution in [1.29, 1.82) is 0 Å². The van der Waals surface area contributed by atoms with Gasteiger partial charge in [0.25, 0.3) is 0 Å². The van der Waals surface area contributed by atoms with E-state index in [0.29, 0.717) is 17.4 Å². The summed E-state index contributed by atoms with van der Waals surface area (Å²) in [6.07, 6.45) is 5.41. The van der Waals surface area contributed by atoms with Crippen molar-refractivity contribution >= 4 is 18.5 Å². The fourth-order valence-electron chi connectivity index (χ4n) is 6.39. The first-order valence-electron chi connectivity index (χ1n) is 14.7. The van der Waals surface area contributed by atoms with Gasteiger partial charge in [0.05, 0.1) is 26.9 Å². The van der Waals surface area contributed by atoms with E-state index in [1.54, 1.807) is 25.2 Å². The number of hydrogen-bond donors (Lipinski definition) is 2. The third-order valence-corrected chi connectivity index (χ3v) is 8.61. The molecule has 1 saturated carbocycles. The third kappa shape index (κ3) is 7.38. The zero-order valence-corrected chi connectivity index (χ0v) is 25.4. The summed E-state index contributed by atoms with van der Waals surface area (Å²) in [6, 6.07) is 21.6. The average Bonchev–Trinajstić information content (AvgIpc) is 3.33. The van der Waals surface area contributed by atoms with Crippen molar-refractivity contribution < 1.29 is 24.1 Å². The zero-order valence-electron chi connectivity index (χ0n) is 24.5. The van der Waals surface area contributed by atoms with Crippen LogP contribution in [0.3, 0.4) is 0 Å². The Labute approximate surface area is 255 Å². The van der Waals surface area contributed by atoms with Crippen LogP contribution in [-0.4, -0.2) is 55.6 Å². The van der Waals surface area contributed by atoms with Gasteiger partial charge in [-0.3, -0.25) is 0 Å². The maximum atomic E-state index is 13.7. The van der Waals surface area contributed by atoms with Crippen LogP contribution < -0.4 is 15.2 Å². The fraction of sp³-hybridized carbons (Fsp3) is 0.441. The number of aliphatic hydroxyl groups is 1. The Morgan fingerprint density at radius 2 is 1.50 bits per heavy atom. The van der Waals surface area contributed by atoms with Gasteiger partial charge in [0.2, 0.25) is 0 Å². The second kappa shape index (κ2) is 14.8. The van der Waals surface area contributed by atoms with Crippen molar-refractivity contribution in [2.45, 2.75) is 63.1 Å². The minimum Gasteiger partial charge on any atom is -0.497 e. The molecular weight excluding hydrogens is 552 g/mol. The summed E-state index contributed by atoms with van der Waals surface area (Å²) in [5.41, 5.74) is 12.0. The van der Waals surface area contributed by atoms with E-state index in [9.17, 15) is 9.90 Å². The lowest BCUT2D eigenvalue weighted by Gasteiger charge is -2.31. The number of methoxy groups -OCH3 is 2. The Kier molecular flexibility index (Phi) is 11.1. The Morgan fingerprint density at radius 3 is 2.07 bits per heavy atom. The Bertz CT molecular complexity index is 1260. The molecule has 2 atom stereocenters. The van der Waals surface area contributed by atoms with Crippen LogP contribution in [-0.2, 0) is 11.3 Å². The molecule has 0 bridgehead atoms. The number of nitrogens with two attached hydrogens (primary N) is 1. The molecule has 2 aliphatic carbocycles. The second-order valence-electron chi connectivity index (χ2n) is 11.4. The molecule has 3 aromatic carbocycles. The molecule has 0 heterocycles. The minimum absolute atomic E-state index is 0. The molecule has 1 fully saturated rings. The molecule has 3 aromatic rings. The number of nitrogens with zero attached hydrogens (tertiary/aromatic N) is 1. The average molecular weight is 595 g/mol. The summed E-state index contributed by atoms with van der Waals surface area (Å²) in [7, 11) is 3.19. The van der Waals surface area contributed by atoms with E-state index >= 15 is 0 Å². The molecule has 0 radical (unpaired) electrons. The number of carbonyl (C=O) groups is 1. The molecule has 226 valence electrons. The van der Waals surface area contributed by atoms with Gasteiger partial charge < -0.3 is 30.0 Å². The number of hydrogen-bond acceptors (Lipinski definition) is 6. The van der Waals surface area contributed by atoms with Gasteiger partial charge in [0.1, 0.15) is 18.1 Å². The van der Waals surface area contributed by atoms with Gasteiger partial charge in [-0.1, -0.05) is 80.6 Å². The van der Waals surface area contributed by atoms with Crippen molar-refractivity contribution in [3.8, 4) is 22.6 Å². The van der Waals surface area contributed by atoms with Crippen LogP contribution in [0.5, 0.6) is 11.5 Å². The van der Waals surface area contributed by atoms with Crippen molar-refractivity contribution in [3.63, 3.8) is 0 Å². The summed E-state index contributed by atoms with van der Waals surface area (Å²) in [4.78, 5) is 15.2. The van der Waals surface area contributed by atoms with Crippen LogP contribution in [0.15, 0.2) is 66.7 Å². The summed E-state index contributed by atoms with van der Waals surface area (Å²) in [5.74, 6) is 1.73. The standard InChI is InChI=1S/C34H42N2O5.ClH/c1-39-25-16-24(17-26(19-25)40-2)20-36(21-33(37)32(35)18-23-10-4-3-5-11-23)34(38)41-22-31-29-14-8-6-12-27(29)28-13-7-9-15-30(28)31;/h6-9,12-17,19,23,31-33,37H,3-5,10-11,18,20-22,35H2,1-2H3;1H/t32-,33+;/m0./s1. The summed E-state index contributed by atoms with van der Waals surface area (Å²) in [5, 5.41) is 11.2. The number of benzene rings is 3. The molecule has 42 heavy (non-hydrogen) atoms. The Hall–Kier alpha value is -3.26. The highest BCUT2D eigenvalue weighted by Crippen LogP contribution is 2.44. The molecule has 0 aliphatic heterocycles. The molecule has 0 spiro atoms. The number of ether oxygens (including phenoxy) is 3. The summed E-state index contributed by atoms with van der Waals surface area (Å²) in [6.45, 7) is 0.497. The maximum absolute atomic E-state index is 13.7. The van der Waals surface area contributed by atoms with E-state index in [1.807, 2.05) is 36.4 Å². The van der Waals surface area contributed by atoms with Gasteiger partial charge in [0, 0.05) is 24.6 Å². The first kappa shape index (κ1) is 31.7. The van der Waals surface area contributed by atoms with Crippen LogP contribution in [0.1, 0.15) is 61.1 Å². The van der Waals surface area contributed by atoms with Crippen LogP contribution in [0.2, 0.25) is 0 Å². The first-order chi connectivity index (χ1) is 20.0. The topological polar surface area (TPSA) is 94.2 Å². The lowest BCUT2D eigenvalue weighted by molar-refractivity contribution is 0.0551. The largest absolute Gasteiger partial charge is 0.497 e. The van der Waals surface area contributed by atoms with E-state index in [2.05, 4.69) is 24.3 Å². The van der Waals surface area contributed by atoms with Gasteiger partial charge in [-0.05, 0) is 52.3 Å². The number of rotatable bonds is 11. The molecule has 0 unspecified atom stereocenters. The number of carbonyl (C=O) groups excluding carboxylic acids is 1. The first-order valence-corrected chi connectivity index (χ1v) is 14.7. The summed E-state index contributed by atoms with van der Waals surface area (Å²) >= 11 is 0. The van der Waals surface area contributed by atoms with Crippen LogP contribution in [0.25, 0.3) is 11.1 Å². The fourth-order valence-corrected chi connectivity index (χ4v) is 6.39. The monoisotopic (exact) mass is 594 g/mol. The summed E-state index contributed by atoms with van der Waals surface area (Å²) < 4.78 is 16.9. The number of fused-ring (bicyclic) bond motifs is 3. The minimum atomic E-state index is -0.870. The molecule has 0 aromatic heterocycles. The van der Waals surface area contributed by atoms with Gasteiger partial charge >= 0.3 is 6.09 Å². The van der Waals surface area contributed by atoms with E-state index in [1.165, 1.54) is 30.4 Å². The quantitative estimate of drug-likeness (QED) is 0.262. The highest BCUT2D eigenvalue weighted by molar-refractivity contribution is 5.85. The van der Waals surface area contributed by atoms with Crippen LogP contribution >= 0.6 is 12.4 Å². The third-order valence-electron chi connectivity index (χ3n) is 8.61. The predicted molar refractivity (Wildman–Crippen MR) is 167 cm³/mol. The highest BCUT2D eigenvalue weighted by Gasteiger charge is 2.31. The maximum Gasteiger partial charge on any atom is 0.410 e. The molecule has 3 N–H and O–H groups in total. The van der Waals surface area contributed by atoms with Crippen molar-refractivity contribution in [2.24, 2.45) is 11.7 Å². The van der Waals surface area contributed by atoms with E-state index < -0.39 is 18.2 Å². The number of amides is 1. The number of aliphatic hydroxyl groups excluding tert-OH is 1. The molecule has 2 aliphatic rings. The molecule has 5 rings (SSSR count). The van der Waals surface area contributed by atoms with Gasteiger partial charge in [-0.2, -0.15) is 0 Å². The van der Waals surface area contributed by atoms with Gasteiger partial charge in [-0.25, -0.2) is 4.79 Å². The molecule has 8 heteroatoms. The SMILES string of the molecule is COc1cc(CN(C[C@@H](O)[C@@H](N)CC2CCCCC2)C(=O)OCC2c3ccccc3-c3ccccc32)cc(OC)c1.Cl. The molecular formula is C34H43ClN2O5. The van der Waals surface area contributed by atoms with Crippen LogP contribution in [0, 0.1) is 5.92 Å². The van der Waals surface area contributed by atoms with E-state index in [4.69, 9.17) is 19.9 Å². The number of halogens is 1. The predicted octanol–water partition coefficient (Wildman–Crippen LogP) is 6.54. The molecule has 0 saturated heterocycles. The normalized spacial score (nSPS) is 16.0. The van der Waals surface area contributed by atoms with E-state index in [-0.39, 0.29) is 38.0 Å². The van der Waals surface area contributed by atoms with Gasteiger partial charge in [0.15, 0.2) is 0 Å². The van der Waals surface area contributed by atoms with Crippen molar-refractivity contribution in [3.05, 3.63) is 83.4 Å². The Balaban J connectivity index is 0.00000405. The second-order valence-corrected chi connectivity index (χ2v) is 11.4. The van der Waals surface area contributed by atoms with E-state index in [0.717, 1.165) is 36.0 Å². The lowest BCUT2D eigenvalue weighted by atomic mass is 9.84. The Morgan fingerprint density at radius 1 is 0.929 bits per heavy atom. The molecule has 1 amide bonds. The van der Waals surface area contributed by atoms with Crippen molar-refractivity contribution in [2.75, 3.05) is 27.4 Å². The molecule has 7 nitrogen and oxygen atoms in total. The zero-order chi connectivity index (χ0) is 28.8. The van der Waals surface area contributed by atoms with Crippen LogP contribution in [0.4, 0.5) is 4.79 Å². The van der Waals surface area contributed by atoms with Gasteiger partial charge in [-0.15, -0.1) is 12.4 Å². The smallest absolute Gasteiger partial charge is 0.410 e. The van der Waals surface area contributed by atoms with Crippen molar-refractivity contribution in [1.82, 2.24) is 4.90 Å². The lowest BCUT2D eigenvalue weighted by Crippen LogP contribution is -2.46. The highest BCUT2D eigenvalue weighted by atomic mass is 35.5.